The molecule has 1 unspecified atom stereocenters. The largest absolute Gasteiger partial charge is 0.624 e. The van der Waals surface area contributed by atoms with Gasteiger partial charge < -0.3 is 9.94 Å². The Balaban J connectivity index is 2.32. The Morgan fingerprint density at radius 1 is 1.55 bits per heavy atom. The molecule has 0 spiro atoms. The lowest BCUT2D eigenvalue weighted by Gasteiger charge is -2.22. The molecule has 3 heteroatoms. The van der Waals surface area contributed by atoms with Crippen LogP contribution in [0.3, 0.4) is 0 Å². The van der Waals surface area contributed by atoms with Gasteiger partial charge in [0.15, 0.2) is 12.8 Å². The van der Waals surface area contributed by atoms with Crippen LogP contribution < -0.4 is 0 Å². The monoisotopic (exact) mass is 157 g/mol. The summed E-state index contributed by atoms with van der Waals surface area (Å²) in [6.07, 6.45) is 2.48. The molecular formula is C8H15NO2. The van der Waals surface area contributed by atoms with Crippen LogP contribution in [0.15, 0.2) is 0 Å². The predicted octanol–water partition coefficient (Wildman–Crippen LogP) is 1.15. The molecular weight excluding hydrogens is 142 g/mol. The van der Waals surface area contributed by atoms with Gasteiger partial charge in [-0.15, -0.1) is 0 Å². The molecule has 0 radical (unpaired) electrons. The lowest BCUT2D eigenvalue weighted by molar-refractivity contribution is -0.454. The molecule has 1 aliphatic heterocycles. The third-order valence-electron chi connectivity index (χ3n) is 1.48. The van der Waals surface area contributed by atoms with Crippen LogP contribution in [0.4, 0.5) is 0 Å². The zero-order valence-corrected chi connectivity index (χ0v) is 7.33. The normalized spacial score (nSPS) is 25.4. The van der Waals surface area contributed by atoms with Crippen molar-refractivity contribution >= 4 is 6.21 Å². The summed E-state index contributed by atoms with van der Waals surface area (Å²) in [5, 5.41) is 10.7. The molecule has 0 saturated heterocycles. The van der Waals surface area contributed by atoms with Gasteiger partial charge in [-0.3, -0.25) is 0 Å². The van der Waals surface area contributed by atoms with Crippen LogP contribution in [0.5, 0.6) is 0 Å². The summed E-state index contributed by atoms with van der Waals surface area (Å²) in [5.41, 5.74) is -0.135. The maximum atomic E-state index is 10.7. The molecule has 1 atom stereocenters. The first kappa shape index (κ1) is 8.53. The van der Waals surface area contributed by atoms with Crippen LogP contribution in [-0.4, -0.2) is 29.2 Å². The van der Waals surface area contributed by atoms with Crippen molar-refractivity contribution in [1.82, 2.24) is 0 Å². The summed E-state index contributed by atoms with van der Waals surface area (Å²) in [5.74, 6) is 0. The number of rotatable bonds is 1. The molecule has 0 aromatic carbocycles. The van der Waals surface area contributed by atoms with Gasteiger partial charge in [0, 0.05) is 0 Å². The summed E-state index contributed by atoms with van der Waals surface area (Å²) >= 11 is 0. The fourth-order valence-electron chi connectivity index (χ4n) is 1.17. The number of hydroxylamine groups is 1. The zero-order chi connectivity index (χ0) is 8.48. The van der Waals surface area contributed by atoms with Crippen LogP contribution in [0.25, 0.3) is 0 Å². The topological polar surface area (TPSA) is 35.3 Å². The van der Waals surface area contributed by atoms with E-state index in [1.807, 2.05) is 20.8 Å². The quantitative estimate of drug-likeness (QED) is 0.423. The Bertz CT molecular complexity index is 169. The summed E-state index contributed by atoms with van der Waals surface area (Å²) in [7, 11) is 0. The summed E-state index contributed by atoms with van der Waals surface area (Å²) in [4.78, 5) is 0. The van der Waals surface area contributed by atoms with E-state index in [9.17, 15) is 5.21 Å². The van der Waals surface area contributed by atoms with Gasteiger partial charge in [0.05, 0.1) is 12.0 Å². The van der Waals surface area contributed by atoms with Crippen molar-refractivity contribution < 1.29 is 9.48 Å². The number of ether oxygens (including phenoxy) is 1. The molecule has 64 valence electrons. The first-order chi connectivity index (χ1) is 4.97. The molecule has 0 bridgehead atoms. The van der Waals surface area contributed by atoms with Gasteiger partial charge in [-0.05, 0) is 20.8 Å². The van der Waals surface area contributed by atoms with E-state index < -0.39 is 0 Å². The maximum absolute atomic E-state index is 10.7. The Morgan fingerprint density at radius 3 is 2.55 bits per heavy atom. The first-order valence-electron chi connectivity index (χ1n) is 3.92. The Morgan fingerprint density at radius 2 is 2.18 bits per heavy atom. The molecule has 0 aliphatic carbocycles. The highest BCUT2D eigenvalue weighted by Crippen LogP contribution is 2.14. The van der Waals surface area contributed by atoms with Crippen molar-refractivity contribution in [3.63, 3.8) is 0 Å². The third-order valence-corrected chi connectivity index (χ3v) is 1.48. The highest BCUT2D eigenvalue weighted by atomic mass is 16.5. The molecule has 11 heavy (non-hydrogen) atoms. The minimum absolute atomic E-state index is 0.0903. The van der Waals surface area contributed by atoms with Gasteiger partial charge >= 0.3 is 0 Å². The number of hydrogen-bond acceptors (Lipinski definition) is 2. The molecule has 0 aromatic heterocycles. The smallest absolute Gasteiger partial charge is 0.179 e. The molecule has 1 rings (SSSR count). The lowest BCUT2D eigenvalue weighted by Crippen LogP contribution is -2.29. The van der Waals surface area contributed by atoms with Gasteiger partial charge in [-0.1, -0.05) is 0 Å². The van der Waals surface area contributed by atoms with Crippen LogP contribution in [0.2, 0.25) is 0 Å². The van der Waals surface area contributed by atoms with E-state index in [2.05, 4.69) is 0 Å². The van der Waals surface area contributed by atoms with Gasteiger partial charge in [-0.25, -0.2) is 4.74 Å². The Hall–Kier alpha value is -0.570. The minimum Gasteiger partial charge on any atom is -0.624 e. The maximum Gasteiger partial charge on any atom is 0.179 e. The van der Waals surface area contributed by atoms with Gasteiger partial charge in [0.2, 0.25) is 0 Å². The van der Waals surface area contributed by atoms with Crippen LogP contribution >= 0.6 is 0 Å². The van der Waals surface area contributed by atoms with Crippen molar-refractivity contribution in [3.8, 4) is 0 Å². The molecule has 0 fully saturated rings. The van der Waals surface area contributed by atoms with E-state index in [4.69, 9.17) is 4.74 Å². The number of hydrogen-bond donors (Lipinski definition) is 0. The standard InChI is InChI=1S/C8H15NO2/c1-8(2,3)11-7-4-5-9(10)6-7/h5,7H,4,6H2,1-3H3. The molecule has 1 aliphatic rings. The van der Waals surface area contributed by atoms with E-state index in [-0.39, 0.29) is 11.7 Å². The van der Waals surface area contributed by atoms with Gasteiger partial charge in [0.1, 0.15) is 6.10 Å². The second-order valence-corrected chi connectivity index (χ2v) is 3.87. The molecule has 0 amide bonds. The Labute approximate surface area is 67.3 Å². The van der Waals surface area contributed by atoms with Crippen LogP contribution in [-0.2, 0) is 4.74 Å². The van der Waals surface area contributed by atoms with Gasteiger partial charge in [0.25, 0.3) is 0 Å². The molecule has 3 nitrogen and oxygen atoms in total. The fourth-order valence-corrected chi connectivity index (χ4v) is 1.17. The highest BCUT2D eigenvalue weighted by Gasteiger charge is 2.25. The summed E-state index contributed by atoms with van der Waals surface area (Å²) in [6.45, 7) is 6.48. The molecule has 0 aromatic rings. The van der Waals surface area contributed by atoms with Crippen LogP contribution in [0.1, 0.15) is 27.2 Å². The van der Waals surface area contributed by atoms with Crippen molar-refractivity contribution in [3.05, 3.63) is 5.21 Å². The van der Waals surface area contributed by atoms with E-state index in [1.54, 1.807) is 6.21 Å². The second-order valence-electron chi connectivity index (χ2n) is 3.87. The van der Waals surface area contributed by atoms with Crippen molar-refractivity contribution in [1.29, 1.82) is 0 Å². The zero-order valence-electron chi connectivity index (χ0n) is 7.33. The highest BCUT2D eigenvalue weighted by molar-refractivity contribution is 5.53. The van der Waals surface area contributed by atoms with Crippen molar-refractivity contribution in [2.75, 3.05) is 6.54 Å². The number of nitrogens with zero attached hydrogens (tertiary/aromatic N) is 1. The van der Waals surface area contributed by atoms with E-state index in [0.29, 0.717) is 6.54 Å². The molecule has 1 heterocycles. The minimum atomic E-state index is -0.135. The predicted molar refractivity (Wildman–Crippen MR) is 43.8 cm³/mol. The second kappa shape index (κ2) is 2.81. The third kappa shape index (κ3) is 2.89. The average Bonchev–Trinajstić information content (AvgIpc) is 2.10. The SMILES string of the molecule is CC(C)(C)OC1CC=[N+]([O-])C1. The fraction of sp³-hybridized carbons (Fsp3) is 0.875. The van der Waals surface area contributed by atoms with Crippen molar-refractivity contribution in [2.45, 2.75) is 38.9 Å². The van der Waals surface area contributed by atoms with Gasteiger partial charge in [-0.2, -0.15) is 0 Å². The average molecular weight is 157 g/mol. The van der Waals surface area contributed by atoms with E-state index in [1.165, 1.54) is 0 Å². The van der Waals surface area contributed by atoms with E-state index in [0.717, 1.165) is 11.2 Å². The van der Waals surface area contributed by atoms with Crippen LogP contribution in [0, 0.1) is 5.21 Å². The Kier molecular flexibility index (Phi) is 2.18. The van der Waals surface area contributed by atoms with E-state index >= 15 is 0 Å². The molecule has 0 N–H and O–H groups in total. The summed E-state index contributed by atoms with van der Waals surface area (Å²) < 4.78 is 6.54. The lowest BCUT2D eigenvalue weighted by atomic mass is 10.2. The first-order valence-corrected chi connectivity index (χ1v) is 3.92. The molecule has 0 saturated carbocycles. The summed E-state index contributed by atoms with van der Waals surface area (Å²) in [6, 6.07) is 0. The van der Waals surface area contributed by atoms with Crippen molar-refractivity contribution in [2.24, 2.45) is 0 Å².